The van der Waals surface area contributed by atoms with Crippen LogP contribution >= 0.6 is 0 Å². The van der Waals surface area contributed by atoms with Gasteiger partial charge < -0.3 is 4.57 Å². The van der Waals surface area contributed by atoms with Gasteiger partial charge in [-0.25, -0.2) is 4.98 Å². The summed E-state index contributed by atoms with van der Waals surface area (Å²) in [6, 6.07) is 0. The topological polar surface area (TPSA) is 34.9 Å². The Hall–Kier alpha value is -1.33. The SMILES string of the molecule is CC(=O)Cc1cn(CC(F)(F)F)cn1. The number of nitrogens with zero attached hydrogens (tertiary/aromatic N) is 2. The van der Waals surface area contributed by atoms with E-state index in [1.54, 1.807) is 0 Å². The summed E-state index contributed by atoms with van der Waals surface area (Å²) in [7, 11) is 0. The van der Waals surface area contributed by atoms with Crippen molar-refractivity contribution in [1.29, 1.82) is 0 Å². The second-order valence-electron chi connectivity index (χ2n) is 3.03. The molecule has 3 nitrogen and oxygen atoms in total. The molecule has 0 spiro atoms. The van der Waals surface area contributed by atoms with E-state index in [4.69, 9.17) is 0 Å². The number of carbonyl (C=O) groups excluding carboxylic acids is 1. The van der Waals surface area contributed by atoms with Crippen molar-refractivity contribution in [3.8, 4) is 0 Å². The maximum atomic E-state index is 11.9. The van der Waals surface area contributed by atoms with E-state index >= 15 is 0 Å². The molecular formula is C8H9F3N2O. The number of Topliss-reactive ketones (excluding diaryl/α,β-unsaturated/α-hetero) is 1. The average Bonchev–Trinajstić information content (AvgIpc) is 2.30. The van der Waals surface area contributed by atoms with Gasteiger partial charge in [-0.05, 0) is 6.92 Å². The summed E-state index contributed by atoms with van der Waals surface area (Å²) in [5.41, 5.74) is 0.363. The number of hydrogen-bond acceptors (Lipinski definition) is 2. The highest BCUT2D eigenvalue weighted by molar-refractivity contribution is 5.77. The lowest BCUT2D eigenvalue weighted by molar-refractivity contribution is -0.140. The molecule has 1 aromatic rings. The summed E-state index contributed by atoms with van der Waals surface area (Å²) in [6.07, 6.45) is -1.88. The van der Waals surface area contributed by atoms with Gasteiger partial charge in [0.2, 0.25) is 0 Å². The quantitative estimate of drug-likeness (QED) is 0.752. The molecule has 0 saturated heterocycles. The summed E-state index contributed by atoms with van der Waals surface area (Å²) in [5, 5.41) is 0. The van der Waals surface area contributed by atoms with Gasteiger partial charge in [-0.15, -0.1) is 0 Å². The van der Waals surface area contributed by atoms with E-state index in [2.05, 4.69) is 4.98 Å². The fourth-order valence-corrected chi connectivity index (χ4v) is 1.05. The van der Waals surface area contributed by atoms with Gasteiger partial charge in [0.25, 0.3) is 0 Å². The van der Waals surface area contributed by atoms with E-state index in [1.807, 2.05) is 0 Å². The zero-order valence-electron chi connectivity index (χ0n) is 7.51. The fraction of sp³-hybridized carbons (Fsp3) is 0.500. The largest absolute Gasteiger partial charge is 0.406 e. The first kappa shape index (κ1) is 10.7. The minimum Gasteiger partial charge on any atom is -0.328 e. The molecule has 6 heteroatoms. The number of halogens is 3. The normalized spacial score (nSPS) is 11.7. The van der Waals surface area contributed by atoms with Gasteiger partial charge in [-0.2, -0.15) is 13.2 Å². The molecule has 0 N–H and O–H groups in total. The molecule has 0 aliphatic rings. The van der Waals surface area contributed by atoms with Crippen molar-refractivity contribution >= 4 is 5.78 Å². The molecule has 0 radical (unpaired) electrons. The maximum Gasteiger partial charge on any atom is 0.406 e. The molecule has 78 valence electrons. The Morgan fingerprint density at radius 2 is 2.21 bits per heavy atom. The van der Waals surface area contributed by atoms with Crippen LogP contribution in [0.5, 0.6) is 0 Å². The van der Waals surface area contributed by atoms with E-state index < -0.39 is 12.7 Å². The first-order chi connectivity index (χ1) is 6.37. The molecule has 0 aliphatic carbocycles. The van der Waals surface area contributed by atoms with Crippen molar-refractivity contribution in [3.05, 3.63) is 18.2 Å². The summed E-state index contributed by atoms with van der Waals surface area (Å²) >= 11 is 0. The Morgan fingerprint density at radius 1 is 1.57 bits per heavy atom. The van der Waals surface area contributed by atoms with Gasteiger partial charge in [0, 0.05) is 12.6 Å². The van der Waals surface area contributed by atoms with Crippen molar-refractivity contribution in [2.45, 2.75) is 26.1 Å². The maximum absolute atomic E-state index is 11.9. The highest BCUT2D eigenvalue weighted by Gasteiger charge is 2.27. The Kier molecular flexibility index (Phi) is 2.93. The number of carbonyl (C=O) groups is 1. The number of aromatic nitrogens is 2. The van der Waals surface area contributed by atoms with Crippen LogP contribution in [0.1, 0.15) is 12.6 Å². The van der Waals surface area contributed by atoms with E-state index in [9.17, 15) is 18.0 Å². The molecule has 0 aliphatic heterocycles. The van der Waals surface area contributed by atoms with Crippen LogP contribution in [0, 0.1) is 0 Å². The lowest BCUT2D eigenvalue weighted by Crippen LogP contribution is -2.16. The second kappa shape index (κ2) is 3.81. The van der Waals surface area contributed by atoms with Crippen molar-refractivity contribution in [3.63, 3.8) is 0 Å². The number of ketones is 1. The lowest BCUT2D eigenvalue weighted by Gasteiger charge is -2.05. The Bertz CT molecular complexity index is 330. The van der Waals surface area contributed by atoms with E-state index in [0.29, 0.717) is 5.69 Å². The van der Waals surface area contributed by atoms with Crippen molar-refractivity contribution in [2.75, 3.05) is 0 Å². The molecule has 1 aromatic heterocycles. The van der Waals surface area contributed by atoms with Crippen LogP contribution < -0.4 is 0 Å². The minimum atomic E-state index is -4.26. The van der Waals surface area contributed by atoms with Crippen molar-refractivity contribution in [1.82, 2.24) is 9.55 Å². The van der Waals surface area contributed by atoms with Crippen LogP contribution in [0.15, 0.2) is 12.5 Å². The third-order valence-electron chi connectivity index (χ3n) is 1.48. The molecule has 0 amide bonds. The van der Waals surface area contributed by atoms with Crippen LogP contribution in [-0.4, -0.2) is 21.5 Å². The van der Waals surface area contributed by atoms with E-state index in [0.717, 1.165) is 10.9 Å². The number of imidazole rings is 1. The number of alkyl halides is 3. The molecule has 0 unspecified atom stereocenters. The highest BCUT2D eigenvalue weighted by atomic mass is 19.4. The molecule has 0 atom stereocenters. The average molecular weight is 206 g/mol. The Morgan fingerprint density at radius 3 is 2.71 bits per heavy atom. The zero-order valence-corrected chi connectivity index (χ0v) is 7.51. The second-order valence-corrected chi connectivity index (χ2v) is 3.03. The summed E-state index contributed by atoms with van der Waals surface area (Å²) < 4.78 is 36.6. The third kappa shape index (κ3) is 3.59. The lowest BCUT2D eigenvalue weighted by atomic mass is 10.2. The molecule has 0 aromatic carbocycles. The van der Waals surface area contributed by atoms with Gasteiger partial charge >= 0.3 is 6.18 Å². The van der Waals surface area contributed by atoms with Crippen LogP contribution in [0.2, 0.25) is 0 Å². The van der Waals surface area contributed by atoms with Gasteiger partial charge in [-0.3, -0.25) is 4.79 Å². The number of rotatable bonds is 3. The van der Waals surface area contributed by atoms with Crippen LogP contribution in [0.4, 0.5) is 13.2 Å². The van der Waals surface area contributed by atoms with E-state index in [-0.39, 0.29) is 12.2 Å². The molecule has 1 heterocycles. The van der Waals surface area contributed by atoms with Gasteiger partial charge in [0.15, 0.2) is 0 Å². The van der Waals surface area contributed by atoms with Crippen LogP contribution in [0.25, 0.3) is 0 Å². The Labute approximate surface area is 78.6 Å². The summed E-state index contributed by atoms with van der Waals surface area (Å²) in [5.74, 6) is -0.123. The first-order valence-electron chi connectivity index (χ1n) is 3.93. The van der Waals surface area contributed by atoms with Gasteiger partial charge in [0.05, 0.1) is 12.0 Å². The van der Waals surface area contributed by atoms with Gasteiger partial charge in [-0.1, -0.05) is 0 Å². The third-order valence-corrected chi connectivity index (χ3v) is 1.48. The smallest absolute Gasteiger partial charge is 0.328 e. The molecule has 0 fully saturated rings. The van der Waals surface area contributed by atoms with Crippen LogP contribution in [0.3, 0.4) is 0 Å². The number of hydrogen-bond donors (Lipinski definition) is 0. The summed E-state index contributed by atoms with van der Waals surface area (Å²) in [6.45, 7) is 0.292. The predicted octanol–water partition coefficient (Wildman–Crippen LogP) is 1.58. The molecule has 1 rings (SSSR count). The minimum absolute atomic E-state index is 0.0743. The predicted molar refractivity (Wildman–Crippen MR) is 42.7 cm³/mol. The summed E-state index contributed by atoms with van der Waals surface area (Å²) in [4.78, 5) is 14.3. The van der Waals surface area contributed by atoms with Gasteiger partial charge in [0.1, 0.15) is 12.3 Å². The highest BCUT2D eigenvalue weighted by Crippen LogP contribution is 2.17. The molecular weight excluding hydrogens is 197 g/mol. The van der Waals surface area contributed by atoms with Crippen molar-refractivity contribution < 1.29 is 18.0 Å². The molecule has 14 heavy (non-hydrogen) atoms. The Balaban J connectivity index is 2.64. The van der Waals surface area contributed by atoms with Crippen LogP contribution in [-0.2, 0) is 17.8 Å². The zero-order chi connectivity index (χ0) is 10.8. The fourth-order valence-electron chi connectivity index (χ4n) is 1.05. The van der Waals surface area contributed by atoms with Crippen molar-refractivity contribution in [2.24, 2.45) is 0 Å². The first-order valence-corrected chi connectivity index (χ1v) is 3.93. The standard InChI is InChI=1S/C8H9F3N2O/c1-6(14)2-7-3-13(5-12-7)4-8(9,10)11/h3,5H,2,4H2,1H3. The molecule has 0 bridgehead atoms. The van der Waals surface area contributed by atoms with E-state index in [1.165, 1.54) is 13.1 Å². The monoisotopic (exact) mass is 206 g/mol. The molecule has 0 saturated carbocycles.